The third kappa shape index (κ3) is 3.85. The summed E-state index contributed by atoms with van der Waals surface area (Å²) in [5.74, 6) is 0.771. The lowest BCUT2D eigenvalue weighted by molar-refractivity contribution is 0.0237. The maximum Gasteiger partial charge on any atom is 0.150 e. The summed E-state index contributed by atoms with van der Waals surface area (Å²) < 4.78 is 19.5. The zero-order valence-electron chi connectivity index (χ0n) is 13.6. The smallest absolute Gasteiger partial charge is 0.150 e. The van der Waals surface area contributed by atoms with Gasteiger partial charge in [0.25, 0.3) is 0 Å². The average Bonchev–Trinajstić information content (AvgIpc) is 2.57. The lowest BCUT2D eigenvalue weighted by Gasteiger charge is -2.33. The van der Waals surface area contributed by atoms with E-state index in [0.29, 0.717) is 12.2 Å². The van der Waals surface area contributed by atoms with E-state index in [1.54, 1.807) is 18.3 Å². The Balaban J connectivity index is 1.54. The molecule has 0 unspecified atom stereocenters. The molecular formula is C18H22FN3O. The van der Waals surface area contributed by atoms with Crippen molar-refractivity contribution in [2.75, 3.05) is 18.0 Å². The van der Waals surface area contributed by atoms with Crippen molar-refractivity contribution in [2.45, 2.75) is 39.4 Å². The minimum Gasteiger partial charge on any atom is -0.373 e. The van der Waals surface area contributed by atoms with Gasteiger partial charge in [-0.3, -0.25) is 4.98 Å². The van der Waals surface area contributed by atoms with E-state index < -0.39 is 0 Å². The van der Waals surface area contributed by atoms with Crippen LogP contribution in [-0.4, -0.2) is 29.2 Å². The summed E-state index contributed by atoms with van der Waals surface area (Å²) in [4.78, 5) is 11.2. The zero-order valence-corrected chi connectivity index (χ0v) is 13.6. The molecule has 0 spiro atoms. The summed E-state index contributed by atoms with van der Waals surface area (Å²) in [5.41, 5.74) is 2.51. The van der Waals surface area contributed by atoms with Crippen LogP contribution >= 0.6 is 0 Å². The number of benzene rings is 1. The summed E-state index contributed by atoms with van der Waals surface area (Å²) in [6.45, 7) is 6.06. The number of ether oxygens (including phenoxy) is 1. The van der Waals surface area contributed by atoms with Crippen LogP contribution in [0.25, 0.3) is 0 Å². The summed E-state index contributed by atoms with van der Waals surface area (Å²) in [7, 11) is 0. The molecule has 0 radical (unpaired) electrons. The molecule has 2 heterocycles. The molecule has 0 aliphatic carbocycles. The second kappa shape index (κ2) is 7.04. The van der Waals surface area contributed by atoms with Crippen LogP contribution in [-0.2, 0) is 11.3 Å². The fourth-order valence-electron chi connectivity index (χ4n) is 2.88. The van der Waals surface area contributed by atoms with Crippen molar-refractivity contribution in [3.63, 3.8) is 0 Å². The largest absolute Gasteiger partial charge is 0.373 e. The Hall–Kier alpha value is -2.01. The highest BCUT2D eigenvalue weighted by molar-refractivity contribution is 5.43. The Morgan fingerprint density at radius 1 is 1.22 bits per heavy atom. The molecule has 0 atom stereocenters. The van der Waals surface area contributed by atoms with E-state index >= 15 is 0 Å². The SMILES string of the molecule is Cc1cnc(C)c(N2CCC(OCc3ccccc3F)CC2)n1. The second-order valence-corrected chi connectivity index (χ2v) is 6.01. The molecule has 3 rings (SSSR count). The topological polar surface area (TPSA) is 38.2 Å². The van der Waals surface area contributed by atoms with Gasteiger partial charge in [0.05, 0.1) is 24.1 Å². The van der Waals surface area contributed by atoms with Gasteiger partial charge < -0.3 is 9.64 Å². The van der Waals surface area contributed by atoms with Gasteiger partial charge in [-0.1, -0.05) is 18.2 Å². The molecular weight excluding hydrogens is 293 g/mol. The lowest BCUT2D eigenvalue weighted by Crippen LogP contribution is -2.38. The van der Waals surface area contributed by atoms with Gasteiger partial charge in [0.1, 0.15) is 11.6 Å². The molecule has 122 valence electrons. The van der Waals surface area contributed by atoms with Crippen LogP contribution in [0.4, 0.5) is 10.2 Å². The first kappa shape index (κ1) is 15.9. The minimum absolute atomic E-state index is 0.170. The zero-order chi connectivity index (χ0) is 16.2. The number of piperidine rings is 1. The molecule has 4 nitrogen and oxygen atoms in total. The molecule has 1 saturated heterocycles. The van der Waals surface area contributed by atoms with Gasteiger partial charge >= 0.3 is 0 Å². The van der Waals surface area contributed by atoms with Crippen molar-refractivity contribution in [3.8, 4) is 0 Å². The van der Waals surface area contributed by atoms with Crippen molar-refractivity contribution in [1.29, 1.82) is 0 Å². The molecule has 2 aromatic rings. The number of aryl methyl sites for hydroxylation is 2. The van der Waals surface area contributed by atoms with Crippen molar-refractivity contribution >= 4 is 5.82 Å². The van der Waals surface area contributed by atoms with Gasteiger partial charge in [-0.2, -0.15) is 0 Å². The number of anilines is 1. The molecule has 0 saturated carbocycles. The molecule has 0 N–H and O–H groups in total. The third-order valence-corrected chi connectivity index (χ3v) is 4.22. The van der Waals surface area contributed by atoms with Gasteiger partial charge in [0.15, 0.2) is 0 Å². The quantitative estimate of drug-likeness (QED) is 0.866. The number of hydrogen-bond donors (Lipinski definition) is 0. The Kier molecular flexibility index (Phi) is 4.86. The number of aromatic nitrogens is 2. The van der Waals surface area contributed by atoms with Gasteiger partial charge in [0.2, 0.25) is 0 Å². The fraction of sp³-hybridized carbons (Fsp3) is 0.444. The number of hydrogen-bond acceptors (Lipinski definition) is 4. The number of halogens is 1. The predicted molar refractivity (Wildman–Crippen MR) is 87.9 cm³/mol. The van der Waals surface area contributed by atoms with Crippen LogP contribution in [0.15, 0.2) is 30.5 Å². The molecule has 1 aliphatic rings. The van der Waals surface area contributed by atoms with Gasteiger partial charge in [-0.05, 0) is 32.8 Å². The van der Waals surface area contributed by atoms with Crippen molar-refractivity contribution < 1.29 is 9.13 Å². The normalized spacial score (nSPS) is 15.9. The van der Waals surface area contributed by atoms with E-state index in [1.165, 1.54) is 6.07 Å². The van der Waals surface area contributed by atoms with E-state index in [-0.39, 0.29) is 11.9 Å². The highest BCUT2D eigenvalue weighted by Gasteiger charge is 2.22. The van der Waals surface area contributed by atoms with E-state index in [4.69, 9.17) is 4.74 Å². The summed E-state index contributed by atoms with van der Waals surface area (Å²) >= 11 is 0. The number of nitrogens with zero attached hydrogens (tertiary/aromatic N) is 3. The first-order valence-electron chi connectivity index (χ1n) is 8.03. The fourth-order valence-corrected chi connectivity index (χ4v) is 2.88. The monoisotopic (exact) mass is 315 g/mol. The maximum atomic E-state index is 13.6. The Morgan fingerprint density at radius 3 is 2.70 bits per heavy atom. The predicted octanol–water partition coefficient (Wildman–Crippen LogP) is 3.42. The van der Waals surface area contributed by atoms with Crippen LogP contribution in [0.2, 0.25) is 0 Å². The maximum absolute atomic E-state index is 13.6. The van der Waals surface area contributed by atoms with Crippen molar-refractivity contribution in [1.82, 2.24) is 9.97 Å². The summed E-state index contributed by atoms with van der Waals surface area (Å²) in [5, 5.41) is 0. The second-order valence-electron chi connectivity index (χ2n) is 6.01. The van der Waals surface area contributed by atoms with E-state index in [1.807, 2.05) is 19.9 Å². The van der Waals surface area contributed by atoms with Crippen molar-refractivity contribution in [3.05, 3.63) is 53.2 Å². The summed E-state index contributed by atoms with van der Waals surface area (Å²) in [6, 6.07) is 6.78. The van der Waals surface area contributed by atoms with Crippen LogP contribution in [0.3, 0.4) is 0 Å². The molecule has 1 fully saturated rings. The number of rotatable bonds is 4. The average molecular weight is 315 g/mol. The highest BCUT2D eigenvalue weighted by atomic mass is 19.1. The molecule has 0 amide bonds. The van der Waals surface area contributed by atoms with Gasteiger partial charge in [-0.25, -0.2) is 9.37 Å². The van der Waals surface area contributed by atoms with Crippen LogP contribution < -0.4 is 4.90 Å². The van der Waals surface area contributed by atoms with Gasteiger partial charge in [0, 0.05) is 24.8 Å². The molecule has 1 aromatic carbocycles. The summed E-state index contributed by atoms with van der Waals surface area (Å²) in [6.07, 6.45) is 3.81. The molecule has 0 bridgehead atoms. The first-order chi connectivity index (χ1) is 11.1. The third-order valence-electron chi connectivity index (χ3n) is 4.22. The molecule has 1 aromatic heterocycles. The van der Waals surface area contributed by atoms with Crippen LogP contribution in [0.1, 0.15) is 29.8 Å². The van der Waals surface area contributed by atoms with Gasteiger partial charge in [-0.15, -0.1) is 0 Å². The Bertz CT molecular complexity index is 669. The highest BCUT2D eigenvalue weighted by Crippen LogP contribution is 2.23. The molecule has 23 heavy (non-hydrogen) atoms. The van der Waals surface area contributed by atoms with Crippen molar-refractivity contribution in [2.24, 2.45) is 0 Å². The lowest BCUT2D eigenvalue weighted by atomic mass is 10.1. The molecule has 1 aliphatic heterocycles. The van der Waals surface area contributed by atoms with Crippen LogP contribution in [0, 0.1) is 19.7 Å². The van der Waals surface area contributed by atoms with E-state index in [2.05, 4.69) is 14.9 Å². The first-order valence-corrected chi connectivity index (χ1v) is 8.03. The minimum atomic E-state index is -0.199. The van der Waals surface area contributed by atoms with Crippen LogP contribution in [0.5, 0.6) is 0 Å². The standard InChI is InChI=1S/C18H22FN3O/c1-13-11-20-14(2)18(21-13)22-9-7-16(8-10-22)23-12-15-5-3-4-6-17(15)19/h3-6,11,16H,7-10,12H2,1-2H3. The van der Waals surface area contributed by atoms with E-state index in [0.717, 1.165) is 43.1 Å². The Labute approximate surface area is 136 Å². The molecule has 5 heteroatoms. The van der Waals surface area contributed by atoms with E-state index in [9.17, 15) is 4.39 Å². The Morgan fingerprint density at radius 2 is 1.96 bits per heavy atom.